The predicted molar refractivity (Wildman–Crippen MR) is 86.5 cm³/mol. The number of ether oxygens (including phenoxy) is 2. The van der Waals surface area contributed by atoms with Gasteiger partial charge in [0.1, 0.15) is 6.07 Å². The molecule has 0 bridgehead atoms. The molecule has 1 unspecified atom stereocenters. The van der Waals surface area contributed by atoms with Crippen LogP contribution < -0.4 is 0 Å². The van der Waals surface area contributed by atoms with Gasteiger partial charge in [0, 0.05) is 24.0 Å². The van der Waals surface area contributed by atoms with Crippen LogP contribution in [0.4, 0.5) is 0 Å². The van der Waals surface area contributed by atoms with Gasteiger partial charge >= 0.3 is 11.9 Å². The van der Waals surface area contributed by atoms with Crippen molar-refractivity contribution < 1.29 is 19.1 Å². The Morgan fingerprint density at radius 1 is 1.17 bits per heavy atom. The standard InChI is InChI=1S/C19H21NO4/c1-23-18(21)7-4-13-9-16(6-8-19(22)24-2)17(11-13)15-5-3-14(10-15)12-20/h16H,3-9H2,1-2H3. The zero-order valence-corrected chi connectivity index (χ0v) is 14.1. The predicted octanol–water partition coefficient (Wildman–Crippen LogP) is 3.13. The number of nitrogens with zero attached hydrogens (tertiary/aromatic N) is 1. The molecule has 2 aliphatic rings. The monoisotopic (exact) mass is 327 g/mol. The number of methoxy groups -OCH3 is 2. The Kier molecular flexibility index (Phi) is 6.21. The number of esters is 2. The van der Waals surface area contributed by atoms with E-state index in [9.17, 15) is 9.59 Å². The molecule has 2 rings (SSSR count). The number of rotatable bonds is 7. The Morgan fingerprint density at radius 2 is 1.88 bits per heavy atom. The van der Waals surface area contributed by atoms with E-state index in [1.54, 1.807) is 0 Å². The highest BCUT2D eigenvalue weighted by molar-refractivity contribution is 5.70. The molecule has 0 aromatic carbocycles. The van der Waals surface area contributed by atoms with Gasteiger partial charge in [0.15, 0.2) is 0 Å². The smallest absolute Gasteiger partial charge is 0.305 e. The second-order valence-corrected chi connectivity index (χ2v) is 5.93. The topological polar surface area (TPSA) is 76.4 Å². The lowest BCUT2D eigenvalue weighted by Crippen LogP contribution is -2.08. The number of carbonyl (C=O) groups is 2. The molecule has 0 spiro atoms. The van der Waals surface area contributed by atoms with E-state index >= 15 is 0 Å². The van der Waals surface area contributed by atoms with E-state index in [-0.39, 0.29) is 17.9 Å². The molecule has 0 N–H and O–H groups in total. The van der Waals surface area contributed by atoms with Crippen LogP contribution in [0, 0.1) is 17.2 Å². The lowest BCUT2D eigenvalue weighted by molar-refractivity contribution is -0.141. The van der Waals surface area contributed by atoms with Crippen molar-refractivity contribution in [1.82, 2.24) is 0 Å². The highest BCUT2D eigenvalue weighted by Crippen LogP contribution is 2.39. The van der Waals surface area contributed by atoms with E-state index in [1.807, 2.05) is 0 Å². The third-order valence-corrected chi connectivity index (χ3v) is 4.38. The lowest BCUT2D eigenvalue weighted by Gasteiger charge is -2.14. The Balaban J connectivity index is 2.16. The molecule has 1 atom stereocenters. The summed E-state index contributed by atoms with van der Waals surface area (Å²) < 4.78 is 9.40. The molecule has 0 amide bonds. The third kappa shape index (κ3) is 4.49. The molecule has 0 aromatic rings. The van der Waals surface area contributed by atoms with Gasteiger partial charge in [-0.1, -0.05) is 0 Å². The van der Waals surface area contributed by atoms with E-state index in [2.05, 4.69) is 22.3 Å². The van der Waals surface area contributed by atoms with Crippen molar-refractivity contribution in [2.24, 2.45) is 5.92 Å². The molecule has 24 heavy (non-hydrogen) atoms. The molecular weight excluding hydrogens is 306 g/mol. The molecule has 126 valence electrons. The van der Waals surface area contributed by atoms with Crippen LogP contribution in [0.15, 0.2) is 33.8 Å². The summed E-state index contributed by atoms with van der Waals surface area (Å²) in [7, 11) is 2.76. The van der Waals surface area contributed by atoms with E-state index < -0.39 is 0 Å². The van der Waals surface area contributed by atoms with Crippen LogP contribution in [0.25, 0.3) is 0 Å². The number of nitriles is 1. The molecule has 5 nitrogen and oxygen atoms in total. The number of carbonyl (C=O) groups excluding carboxylic acids is 2. The molecule has 0 heterocycles. The summed E-state index contributed by atoms with van der Waals surface area (Å²) in [6.07, 6.45) is 4.21. The third-order valence-electron chi connectivity index (χ3n) is 4.38. The van der Waals surface area contributed by atoms with E-state index in [1.165, 1.54) is 14.2 Å². The molecule has 2 aliphatic carbocycles. The SMILES string of the molecule is COC(=O)CCC1=C=C(C2=C=C(C#N)CC2)C(CCC(=O)OC)C1. The summed E-state index contributed by atoms with van der Waals surface area (Å²) in [5, 5.41) is 9.01. The average molecular weight is 327 g/mol. The first-order valence-electron chi connectivity index (χ1n) is 8.08. The summed E-state index contributed by atoms with van der Waals surface area (Å²) >= 11 is 0. The largest absolute Gasteiger partial charge is 0.469 e. The second-order valence-electron chi connectivity index (χ2n) is 5.93. The minimum atomic E-state index is -0.240. The molecule has 0 fully saturated rings. The van der Waals surface area contributed by atoms with Crippen LogP contribution in [0.1, 0.15) is 44.9 Å². The van der Waals surface area contributed by atoms with Crippen LogP contribution in [-0.4, -0.2) is 26.2 Å². The fourth-order valence-electron chi connectivity index (χ4n) is 3.07. The molecule has 0 radical (unpaired) electrons. The van der Waals surface area contributed by atoms with Gasteiger partial charge in [0.2, 0.25) is 0 Å². The van der Waals surface area contributed by atoms with Crippen LogP contribution in [-0.2, 0) is 19.1 Å². The van der Waals surface area contributed by atoms with Crippen molar-refractivity contribution in [2.45, 2.75) is 44.9 Å². The van der Waals surface area contributed by atoms with Crippen molar-refractivity contribution >= 4 is 11.9 Å². The van der Waals surface area contributed by atoms with Crippen LogP contribution in [0.2, 0.25) is 0 Å². The van der Waals surface area contributed by atoms with Gasteiger partial charge in [-0.15, -0.1) is 11.5 Å². The first-order chi connectivity index (χ1) is 11.6. The zero-order valence-electron chi connectivity index (χ0n) is 14.1. The van der Waals surface area contributed by atoms with Gasteiger partial charge in [-0.3, -0.25) is 9.59 Å². The number of hydrogen-bond acceptors (Lipinski definition) is 5. The van der Waals surface area contributed by atoms with Crippen molar-refractivity contribution in [1.29, 1.82) is 5.26 Å². The Hall–Kier alpha value is -2.53. The van der Waals surface area contributed by atoms with Gasteiger partial charge < -0.3 is 9.47 Å². The van der Waals surface area contributed by atoms with E-state index in [4.69, 9.17) is 10.00 Å². The molecule has 5 heteroatoms. The zero-order chi connectivity index (χ0) is 17.5. The maximum atomic E-state index is 11.4. The normalized spacial score (nSPS) is 19.0. The Bertz CT molecular complexity index is 710. The quantitative estimate of drug-likeness (QED) is 0.530. The second kappa shape index (κ2) is 8.36. The van der Waals surface area contributed by atoms with Gasteiger partial charge in [-0.25, -0.2) is 0 Å². The van der Waals surface area contributed by atoms with E-state index in [0.29, 0.717) is 37.7 Å². The molecule has 0 saturated carbocycles. The van der Waals surface area contributed by atoms with E-state index in [0.717, 1.165) is 29.6 Å². The van der Waals surface area contributed by atoms with Crippen molar-refractivity contribution in [3.05, 3.63) is 33.8 Å². The van der Waals surface area contributed by atoms with Gasteiger partial charge in [-0.2, -0.15) is 5.26 Å². The number of hydrogen-bond donors (Lipinski definition) is 0. The van der Waals surface area contributed by atoms with Crippen molar-refractivity contribution in [3.63, 3.8) is 0 Å². The first kappa shape index (κ1) is 17.8. The summed E-state index contributed by atoms with van der Waals surface area (Å²) in [6, 6.07) is 2.15. The molecule has 0 aliphatic heterocycles. The lowest BCUT2D eigenvalue weighted by atomic mass is 9.88. The van der Waals surface area contributed by atoms with Crippen molar-refractivity contribution in [2.75, 3.05) is 14.2 Å². The molecule has 0 aromatic heterocycles. The maximum absolute atomic E-state index is 11.4. The average Bonchev–Trinajstić information content (AvgIpc) is 3.23. The van der Waals surface area contributed by atoms with Gasteiger partial charge in [0.05, 0.1) is 19.8 Å². The van der Waals surface area contributed by atoms with Gasteiger partial charge in [0.25, 0.3) is 0 Å². The summed E-state index contributed by atoms with van der Waals surface area (Å²) in [4.78, 5) is 22.8. The van der Waals surface area contributed by atoms with Crippen LogP contribution >= 0.6 is 0 Å². The number of allylic oxidation sites excluding steroid dienone is 2. The maximum Gasteiger partial charge on any atom is 0.305 e. The minimum absolute atomic E-state index is 0.164. The van der Waals surface area contributed by atoms with Gasteiger partial charge in [-0.05, 0) is 43.6 Å². The first-order valence-corrected chi connectivity index (χ1v) is 8.08. The van der Waals surface area contributed by atoms with Crippen LogP contribution in [0.3, 0.4) is 0 Å². The fraction of sp³-hybridized carbons (Fsp3) is 0.526. The highest BCUT2D eigenvalue weighted by atomic mass is 16.5. The minimum Gasteiger partial charge on any atom is -0.469 e. The Labute approximate surface area is 141 Å². The highest BCUT2D eigenvalue weighted by Gasteiger charge is 2.27. The Morgan fingerprint density at radius 3 is 2.50 bits per heavy atom. The molecular formula is C19H21NO4. The summed E-state index contributed by atoms with van der Waals surface area (Å²) in [6.45, 7) is 0. The fourth-order valence-corrected chi connectivity index (χ4v) is 3.07. The summed E-state index contributed by atoms with van der Waals surface area (Å²) in [5.41, 5.74) is 10.3. The van der Waals surface area contributed by atoms with Crippen LogP contribution in [0.5, 0.6) is 0 Å². The molecule has 0 saturated heterocycles. The summed E-state index contributed by atoms with van der Waals surface area (Å²) in [5.74, 6) is -0.307. The van der Waals surface area contributed by atoms with Crippen molar-refractivity contribution in [3.8, 4) is 6.07 Å².